The average Bonchev–Trinajstić information content (AvgIpc) is 2.81. The quantitative estimate of drug-likeness (QED) is 0.782. The lowest BCUT2D eigenvalue weighted by molar-refractivity contribution is 0.0253. The molecular formula is C18H26N2O. The van der Waals surface area contributed by atoms with E-state index in [0.717, 1.165) is 25.9 Å². The first-order valence-corrected chi connectivity index (χ1v) is 7.87. The molecule has 1 saturated heterocycles. The van der Waals surface area contributed by atoms with Gasteiger partial charge >= 0.3 is 0 Å². The Balaban J connectivity index is 1.89. The van der Waals surface area contributed by atoms with Crippen molar-refractivity contribution in [2.45, 2.75) is 51.3 Å². The summed E-state index contributed by atoms with van der Waals surface area (Å²) in [5, 5.41) is 17.3. The van der Waals surface area contributed by atoms with Crippen LogP contribution in [-0.2, 0) is 6.42 Å². The van der Waals surface area contributed by atoms with E-state index in [0.29, 0.717) is 0 Å². The SMILES string of the molecule is C=C1CCc2c1ccc(C1CNCC(C(C)(C)O)N1)c2C. The maximum Gasteiger partial charge on any atom is 0.0756 e. The normalized spacial score (nSPS) is 26.0. The molecule has 1 fully saturated rings. The van der Waals surface area contributed by atoms with Crippen LogP contribution in [0.15, 0.2) is 18.7 Å². The number of aliphatic hydroxyl groups is 1. The number of allylic oxidation sites excluding steroid dienone is 1. The van der Waals surface area contributed by atoms with Crippen LogP contribution in [0.3, 0.4) is 0 Å². The Hall–Kier alpha value is -1.16. The van der Waals surface area contributed by atoms with Crippen LogP contribution >= 0.6 is 0 Å². The third kappa shape index (κ3) is 2.66. The fourth-order valence-corrected chi connectivity index (χ4v) is 3.60. The van der Waals surface area contributed by atoms with Gasteiger partial charge in [0.2, 0.25) is 0 Å². The van der Waals surface area contributed by atoms with Crippen molar-refractivity contribution in [2.24, 2.45) is 0 Å². The van der Waals surface area contributed by atoms with Crippen LogP contribution in [-0.4, -0.2) is 29.8 Å². The number of rotatable bonds is 2. The van der Waals surface area contributed by atoms with E-state index in [1.54, 1.807) is 0 Å². The summed E-state index contributed by atoms with van der Waals surface area (Å²) in [7, 11) is 0. The van der Waals surface area contributed by atoms with E-state index in [1.807, 2.05) is 13.8 Å². The van der Waals surface area contributed by atoms with Crippen LogP contribution in [0, 0.1) is 6.92 Å². The highest BCUT2D eigenvalue weighted by Crippen LogP contribution is 2.36. The van der Waals surface area contributed by atoms with Gasteiger partial charge in [0.1, 0.15) is 0 Å². The first kappa shape index (κ1) is 14.8. The van der Waals surface area contributed by atoms with E-state index in [-0.39, 0.29) is 12.1 Å². The maximum absolute atomic E-state index is 10.3. The van der Waals surface area contributed by atoms with Gasteiger partial charge in [-0.25, -0.2) is 0 Å². The maximum atomic E-state index is 10.3. The smallest absolute Gasteiger partial charge is 0.0756 e. The number of hydrogen-bond donors (Lipinski definition) is 3. The molecule has 2 aliphatic rings. The van der Waals surface area contributed by atoms with Gasteiger partial charge in [-0.15, -0.1) is 0 Å². The second-order valence-corrected chi connectivity index (χ2v) is 6.99. The molecular weight excluding hydrogens is 260 g/mol. The number of hydrogen-bond acceptors (Lipinski definition) is 3. The van der Waals surface area contributed by atoms with Gasteiger partial charge in [-0.05, 0) is 61.4 Å². The average molecular weight is 286 g/mol. The highest BCUT2D eigenvalue weighted by Gasteiger charge is 2.33. The van der Waals surface area contributed by atoms with E-state index in [4.69, 9.17) is 0 Å². The highest BCUT2D eigenvalue weighted by atomic mass is 16.3. The summed E-state index contributed by atoms with van der Waals surface area (Å²) >= 11 is 0. The Labute approximate surface area is 127 Å². The van der Waals surface area contributed by atoms with E-state index in [2.05, 4.69) is 36.3 Å². The third-order valence-corrected chi connectivity index (χ3v) is 5.03. The van der Waals surface area contributed by atoms with Crippen LogP contribution in [0.2, 0.25) is 0 Å². The van der Waals surface area contributed by atoms with Crippen LogP contribution in [0.1, 0.15) is 48.6 Å². The summed E-state index contributed by atoms with van der Waals surface area (Å²) < 4.78 is 0. The highest BCUT2D eigenvalue weighted by molar-refractivity contribution is 5.72. The summed E-state index contributed by atoms with van der Waals surface area (Å²) in [6.07, 6.45) is 2.20. The Morgan fingerprint density at radius 1 is 1.24 bits per heavy atom. The first-order chi connectivity index (χ1) is 9.88. The van der Waals surface area contributed by atoms with E-state index >= 15 is 0 Å². The lowest BCUT2D eigenvalue weighted by atomic mass is 9.90. The fraction of sp³-hybridized carbons (Fsp3) is 0.556. The number of benzene rings is 1. The molecule has 0 spiro atoms. The molecule has 3 nitrogen and oxygen atoms in total. The monoisotopic (exact) mass is 286 g/mol. The topological polar surface area (TPSA) is 44.3 Å². The molecule has 3 heteroatoms. The van der Waals surface area contributed by atoms with Crippen molar-refractivity contribution in [3.05, 3.63) is 41.0 Å². The molecule has 0 radical (unpaired) electrons. The minimum Gasteiger partial charge on any atom is -0.389 e. The van der Waals surface area contributed by atoms with Crippen LogP contribution in [0.25, 0.3) is 5.57 Å². The fourth-order valence-electron chi connectivity index (χ4n) is 3.60. The van der Waals surface area contributed by atoms with Crippen molar-refractivity contribution < 1.29 is 5.11 Å². The molecule has 3 N–H and O–H groups in total. The molecule has 0 saturated carbocycles. The third-order valence-electron chi connectivity index (χ3n) is 5.03. The van der Waals surface area contributed by atoms with Crippen molar-refractivity contribution in [2.75, 3.05) is 13.1 Å². The van der Waals surface area contributed by atoms with Gasteiger partial charge in [-0.3, -0.25) is 0 Å². The summed E-state index contributed by atoms with van der Waals surface area (Å²) in [4.78, 5) is 0. The standard InChI is InChI=1S/C18H26N2O/c1-11-5-6-14-12(2)15(8-7-13(11)14)16-9-19-10-17(20-16)18(3,4)21/h7-8,16-17,19-21H,1,5-6,9-10H2,2-4H3. The predicted molar refractivity (Wildman–Crippen MR) is 87.4 cm³/mol. The number of piperazine rings is 1. The van der Waals surface area contributed by atoms with Crippen molar-refractivity contribution in [3.63, 3.8) is 0 Å². The van der Waals surface area contributed by atoms with Crippen molar-refractivity contribution >= 4 is 5.57 Å². The predicted octanol–water partition coefficient (Wildman–Crippen LogP) is 2.33. The van der Waals surface area contributed by atoms with Gasteiger partial charge in [0.15, 0.2) is 0 Å². The van der Waals surface area contributed by atoms with Crippen molar-refractivity contribution in [3.8, 4) is 0 Å². The molecule has 0 aromatic heterocycles. The van der Waals surface area contributed by atoms with Crippen LogP contribution in [0.4, 0.5) is 0 Å². The number of fused-ring (bicyclic) bond motifs is 1. The molecule has 2 atom stereocenters. The summed E-state index contributed by atoms with van der Waals surface area (Å²) in [5.74, 6) is 0. The molecule has 0 amide bonds. The summed E-state index contributed by atoms with van der Waals surface area (Å²) in [5.41, 5.74) is 6.10. The molecule has 21 heavy (non-hydrogen) atoms. The molecule has 114 valence electrons. The zero-order valence-electron chi connectivity index (χ0n) is 13.3. The summed E-state index contributed by atoms with van der Waals surface area (Å²) in [6.45, 7) is 11.8. The van der Waals surface area contributed by atoms with Crippen molar-refractivity contribution in [1.29, 1.82) is 0 Å². The van der Waals surface area contributed by atoms with E-state index in [9.17, 15) is 5.11 Å². The van der Waals surface area contributed by atoms with Gasteiger partial charge in [-0.1, -0.05) is 18.7 Å². The van der Waals surface area contributed by atoms with Crippen molar-refractivity contribution in [1.82, 2.24) is 10.6 Å². The van der Waals surface area contributed by atoms with E-state index < -0.39 is 5.60 Å². The van der Waals surface area contributed by atoms with Gasteiger partial charge in [0, 0.05) is 25.2 Å². The first-order valence-electron chi connectivity index (χ1n) is 7.87. The molecule has 1 aromatic carbocycles. The minimum absolute atomic E-state index is 0.0684. The Morgan fingerprint density at radius 3 is 2.71 bits per heavy atom. The molecule has 3 rings (SSSR count). The summed E-state index contributed by atoms with van der Waals surface area (Å²) in [6, 6.07) is 4.78. The van der Waals surface area contributed by atoms with E-state index in [1.165, 1.54) is 27.8 Å². The molecule has 1 aliphatic heterocycles. The second-order valence-electron chi connectivity index (χ2n) is 6.99. The second kappa shape index (κ2) is 5.24. The Morgan fingerprint density at radius 2 is 2.00 bits per heavy atom. The number of nitrogens with one attached hydrogen (secondary N) is 2. The largest absolute Gasteiger partial charge is 0.389 e. The van der Waals surface area contributed by atoms with Gasteiger partial charge in [0.25, 0.3) is 0 Å². The van der Waals surface area contributed by atoms with Gasteiger partial charge in [0.05, 0.1) is 5.60 Å². The lowest BCUT2D eigenvalue weighted by Gasteiger charge is -2.39. The molecule has 1 aromatic rings. The van der Waals surface area contributed by atoms with Crippen LogP contribution < -0.4 is 10.6 Å². The molecule has 1 aliphatic carbocycles. The zero-order valence-corrected chi connectivity index (χ0v) is 13.3. The van der Waals surface area contributed by atoms with Gasteiger partial charge < -0.3 is 15.7 Å². The Kier molecular flexibility index (Phi) is 3.68. The van der Waals surface area contributed by atoms with Crippen LogP contribution in [0.5, 0.6) is 0 Å². The lowest BCUT2D eigenvalue weighted by Crippen LogP contribution is -2.59. The minimum atomic E-state index is -0.718. The molecule has 0 bridgehead atoms. The Bertz CT molecular complexity index is 571. The van der Waals surface area contributed by atoms with Gasteiger partial charge in [-0.2, -0.15) is 0 Å². The zero-order chi connectivity index (χ0) is 15.2. The molecule has 1 heterocycles. The molecule has 2 unspecified atom stereocenters.